The number of amides is 1. The molecule has 1 aliphatic carbocycles. The molecule has 3 heteroatoms. The monoisotopic (exact) mass is 226 g/mol. The van der Waals surface area contributed by atoms with Crippen LogP contribution in [0.5, 0.6) is 0 Å². The van der Waals surface area contributed by atoms with Gasteiger partial charge in [-0.2, -0.15) is 0 Å². The molecular formula is C13H26N2O. The Labute approximate surface area is 99.2 Å². The lowest BCUT2D eigenvalue weighted by Crippen LogP contribution is -2.33. The van der Waals surface area contributed by atoms with Crippen LogP contribution in [0.15, 0.2) is 0 Å². The molecule has 1 fully saturated rings. The Morgan fingerprint density at radius 3 is 2.50 bits per heavy atom. The molecule has 0 aromatic heterocycles. The number of nitrogens with two attached hydrogens (primary N) is 1. The maximum Gasteiger partial charge on any atom is 0.220 e. The van der Waals surface area contributed by atoms with Crippen LogP contribution >= 0.6 is 0 Å². The van der Waals surface area contributed by atoms with Gasteiger partial charge in [0.05, 0.1) is 0 Å². The summed E-state index contributed by atoms with van der Waals surface area (Å²) >= 11 is 0. The van der Waals surface area contributed by atoms with Crippen molar-refractivity contribution in [3.8, 4) is 0 Å². The third-order valence-corrected chi connectivity index (χ3v) is 3.71. The van der Waals surface area contributed by atoms with Crippen LogP contribution in [-0.2, 0) is 4.79 Å². The van der Waals surface area contributed by atoms with Gasteiger partial charge in [-0.3, -0.25) is 4.79 Å². The van der Waals surface area contributed by atoms with Crippen molar-refractivity contribution in [2.45, 2.75) is 58.4 Å². The largest absolute Gasteiger partial charge is 0.353 e. The molecule has 94 valence electrons. The van der Waals surface area contributed by atoms with Crippen molar-refractivity contribution in [2.75, 3.05) is 6.54 Å². The average molecular weight is 226 g/mol. The first-order valence-corrected chi connectivity index (χ1v) is 6.63. The standard InChI is InChI=1S/C13H26N2O/c1-10(2)11(9-14)7-8-13(16)15-12-5-3-4-6-12/h10-12H,3-9,14H2,1-2H3,(H,15,16). The van der Waals surface area contributed by atoms with Gasteiger partial charge < -0.3 is 11.1 Å². The van der Waals surface area contributed by atoms with E-state index in [1.807, 2.05) is 0 Å². The molecule has 1 rings (SSSR count). The molecule has 0 heterocycles. The van der Waals surface area contributed by atoms with Crippen molar-refractivity contribution in [2.24, 2.45) is 17.6 Å². The number of rotatable bonds is 6. The van der Waals surface area contributed by atoms with Gasteiger partial charge in [-0.15, -0.1) is 0 Å². The van der Waals surface area contributed by atoms with E-state index in [-0.39, 0.29) is 5.91 Å². The summed E-state index contributed by atoms with van der Waals surface area (Å²) in [6, 6.07) is 0.447. The second kappa shape index (κ2) is 6.89. The van der Waals surface area contributed by atoms with Crippen molar-refractivity contribution in [3.63, 3.8) is 0 Å². The normalized spacial score (nSPS) is 19.0. The topological polar surface area (TPSA) is 55.1 Å². The Hall–Kier alpha value is -0.570. The lowest BCUT2D eigenvalue weighted by atomic mass is 9.91. The Balaban J connectivity index is 2.18. The number of hydrogen-bond donors (Lipinski definition) is 2. The van der Waals surface area contributed by atoms with Gasteiger partial charge in [0.2, 0.25) is 5.91 Å². The van der Waals surface area contributed by atoms with Gasteiger partial charge in [-0.05, 0) is 37.6 Å². The van der Waals surface area contributed by atoms with Crippen molar-refractivity contribution in [1.29, 1.82) is 0 Å². The van der Waals surface area contributed by atoms with E-state index >= 15 is 0 Å². The molecule has 0 saturated heterocycles. The highest BCUT2D eigenvalue weighted by Crippen LogP contribution is 2.19. The van der Waals surface area contributed by atoms with Crippen LogP contribution in [0.4, 0.5) is 0 Å². The highest BCUT2D eigenvalue weighted by molar-refractivity contribution is 5.76. The van der Waals surface area contributed by atoms with Gasteiger partial charge in [0.15, 0.2) is 0 Å². The SMILES string of the molecule is CC(C)C(CN)CCC(=O)NC1CCCC1. The second-order valence-electron chi connectivity index (χ2n) is 5.33. The summed E-state index contributed by atoms with van der Waals surface area (Å²) in [4.78, 5) is 11.7. The summed E-state index contributed by atoms with van der Waals surface area (Å²) in [5, 5.41) is 3.12. The van der Waals surface area contributed by atoms with Crippen molar-refractivity contribution < 1.29 is 4.79 Å². The fraction of sp³-hybridized carbons (Fsp3) is 0.923. The molecule has 1 atom stereocenters. The summed E-state index contributed by atoms with van der Waals surface area (Å²) in [7, 11) is 0. The van der Waals surface area contributed by atoms with Crippen LogP contribution < -0.4 is 11.1 Å². The van der Waals surface area contributed by atoms with Crippen molar-refractivity contribution >= 4 is 5.91 Å². The van der Waals surface area contributed by atoms with E-state index in [0.29, 0.717) is 30.8 Å². The zero-order valence-corrected chi connectivity index (χ0v) is 10.7. The summed E-state index contributed by atoms with van der Waals surface area (Å²) in [6.07, 6.45) is 6.42. The van der Waals surface area contributed by atoms with E-state index in [1.165, 1.54) is 12.8 Å². The summed E-state index contributed by atoms with van der Waals surface area (Å²) < 4.78 is 0. The molecule has 0 aromatic rings. The molecule has 0 bridgehead atoms. The van der Waals surface area contributed by atoms with E-state index in [1.54, 1.807) is 0 Å². The predicted octanol–water partition coefficient (Wildman–Crippen LogP) is 2.06. The molecule has 0 radical (unpaired) electrons. The van der Waals surface area contributed by atoms with Crippen LogP contribution in [0, 0.1) is 11.8 Å². The first-order chi connectivity index (χ1) is 7.63. The molecule has 3 nitrogen and oxygen atoms in total. The lowest BCUT2D eigenvalue weighted by molar-refractivity contribution is -0.122. The van der Waals surface area contributed by atoms with E-state index in [0.717, 1.165) is 19.3 Å². The molecule has 0 spiro atoms. The van der Waals surface area contributed by atoms with Crippen molar-refractivity contribution in [3.05, 3.63) is 0 Å². The molecule has 1 amide bonds. The number of hydrogen-bond acceptors (Lipinski definition) is 2. The lowest BCUT2D eigenvalue weighted by Gasteiger charge is -2.19. The Morgan fingerprint density at radius 2 is 2.00 bits per heavy atom. The van der Waals surface area contributed by atoms with E-state index in [4.69, 9.17) is 5.73 Å². The Kier molecular flexibility index (Phi) is 5.81. The minimum atomic E-state index is 0.214. The van der Waals surface area contributed by atoms with Gasteiger partial charge in [0, 0.05) is 12.5 Å². The summed E-state index contributed by atoms with van der Waals surface area (Å²) in [5.41, 5.74) is 5.69. The molecule has 1 saturated carbocycles. The van der Waals surface area contributed by atoms with Gasteiger partial charge >= 0.3 is 0 Å². The van der Waals surface area contributed by atoms with Crippen LogP contribution in [-0.4, -0.2) is 18.5 Å². The van der Waals surface area contributed by atoms with Crippen LogP contribution in [0.3, 0.4) is 0 Å². The van der Waals surface area contributed by atoms with E-state index in [2.05, 4.69) is 19.2 Å². The van der Waals surface area contributed by atoms with Gasteiger partial charge in [0.25, 0.3) is 0 Å². The first kappa shape index (κ1) is 13.5. The van der Waals surface area contributed by atoms with Gasteiger partial charge in [-0.25, -0.2) is 0 Å². The summed E-state index contributed by atoms with van der Waals surface area (Å²) in [6.45, 7) is 5.03. The highest BCUT2D eigenvalue weighted by atomic mass is 16.1. The molecule has 0 aromatic carbocycles. The average Bonchev–Trinajstić information content (AvgIpc) is 2.70. The Bertz CT molecular complexity index is 210. The number of carbonyl (C=O) groups excluding carboxylic acids is 1. The number of nitrogens with one attached hydrogen (secondary N) is 1. The van der Waals surface area contributed by atoms with Gasteiger partial charge in [0.1, 0.15) is 0 Å². The predicted molar refractivity (Wildman–Crippen MR) is 67.0 cm³/mol. The second-order valence-corrected chi connectivity index (χ2v) is 5.33. The van der Waals surface area contributed by atoms with Gasteiger partial charge in [-0.1, -0.05) is 26.7 Å². The third kappa shape index (κ3) is 4.52. The molecule has 3 N–H and O–H groups in total. The quantitative estimate of drug-likeness (QED) is 0.728. The van der Waals surface area contributed by atoms with Crippen LogP contribution in [0.2, 0.25) is 0 Å². The maximum absolute atomic E-state index is 11.7. The Morgan fingerprint density at radius 1 is 1.38 bits per heavy atom. The first-order valence-electron chi connectivity index (χ1n) is 6.63. The van der Waals surface area contributed by atoms with Crippen LogP contribution in [0.25, 0.3) is 0 Å². The van der Waals surface area contributed by atoms with E-state index < -0.39 is 0 Å². The molecule has 16 heavy (non-hydrogen) atoms. The number of carbonyl (C=O) groups is 1. The minimum Gasteiger partial charge on any atom is -0.353 e. The fourth-order valence-corrected chi connectivity index (χ4v) is 2.41. The van der Waals surface area contributed by atoms with Crippen LogP contribution in [0.1, 0.15) is 52.4 Å². The fourth-order valence-electron chi connectivity index (χ4n) is 2.41. The summed E-state index contributed by atoms with van der Waals surface area (Å²) in [5.74, 6) is 1.27. The maximum atomic E-state index is 11.7. The molecule has 0 aliphatic heterocycles. The smallest absolute Gasteiger partial charge is 0.220 e. The minimum absolute atomic E-state index is 0.214. The zero-order chi connectivity index (χ0) is 12.0. The highest BCUT2D eigenvalue weighted by Gasteiger charge is 2.18. The molecule has 1 unspecified atom stereocenters. The van der Waals surface area contributed by atoms with Crippen molar-refractivity contribution in [1.82, 2.24) is 5.32 Å². The molecular weight excluding hydrogens is 200 g/mol. The third-order valence-electron chi connectivity index (χ3n) is 3.71. The van der Waals surface area contributed by atoms with E-state index in [9.17, 15) is 4.79 Å². The zero-order valence-electron chi connectivity index (χ0n) is 10.7. The molecule has 1 aliphatic rings.